The first-order valence-corrected chi connectivity index (χ1v) is 39.8. The molecule has 0 N–H and O–H groups in total. The number of rotatable bonds is 36. The summed E-state index contributed by atoms with van der Waals surface area (Å²) in [6, 6.07) is 0. The van der Waals surface area contributed by atoms with E-state index in [1.54, 1.807) is 0 Å². The van der Waals surface area contributed by atoms with Gasteiger partial charge in [0, 0.05) is 0 Å². The molecule has 0 bridgehead atoms. The molecule has 0 heterocycles. The van der Waals surface area contributed by atoms with E-state index in [4.69, 9.17) is 0 Å². The third-order valence-electron chi connectivity index (χ3n) is 12.8. The molecule has 0 amide bonds. The summed E-state index contributed by atoms with van der Waals surface area (Å²) in [5.41, 5.74) is 0. The fraction of sp³-hybridized carbons (Fsp3) is 1.00. The molecular formula is C48H108Br3P3. The zero-order chi connectivity index (χ0) is 41.8. The SMILES string of the molecule is CCCCP(Br)(CCCC)(CCCC)CCCC.CCCCP(Br)(CCCC)(CCCC)CCCC.CCCCP(Br)(CCCC)(CCCC)CCCC. The van der Waals surface area contributed by atoms with Crippen molar-refractivity contribution < 1.29 is 0 Å². The average Bonchev–Trinajstić information content (AvgIpc) is 3.19. The summed E-state index contributed by atoms with van der Waals surface area (Å²) >= 11 is 13.3. The van der Waals surface area contributed by atoms with Crippen LogP contribution in [-0.4, -0.2) is 73.9 Å². The third kappa shape index (κ3) is 28.3. The van der Waals surface area contributed by atoms with Crippen LogP contribution in [0.5, 0.6) is 0 Å². The van der Waals surface area contributed by atoms with Crippen LogP contribution >= 0.6 is 62.4 Å². The van der Waals surface area contributed by atoms with Crippen molar-refractivity contribution in [2.24, 2.45) is 0 Å². The van der Waals surface area contributed by atoms with Gasteiger partial charge < -0.3 is 0 Å². The summed E-state index contributed by atoms with van der Waals surface area (Å²) in [4.78, 5) is 0. The molecule has 0 rings (SSSR count). The molecule has 0 aromatic heterocycles. The third-order valence-corrected chi connectivity index (χ3v) is 42.8. The Balaban J connectivity index is -0.000000722. The van der Waals surface area contributed by atoms with Gasteiger partial charge in [0.15, 0.2) is 0 Å². The van der Waals surface area contributed by atoms with Gasteiger partial charge in [-0.3, -0.25) is 0 Å². The normalized spacial score (nSPS) is 14.4. The average molecular weight is 1020 g/mol. The molecule has 54 heavy (non-hydrogen) atoms. The standard InChI is InChI=1S/3C16H36BrP/c3*1-5-9-13-18(17,14-10-6-2,15-11-7-3)16-12-8-4/h3*5-16H2,1-4H3. The summed E-state index contributed by atoms with van der Waals surface area (Å²) in [6.07, 6.45) is 51.5. The molecule has 0 aliphatic heterocycles. The molecule has 6 heteroatoms. The predicted octanol–water partition coefficient (Wildman–Crippen LogP) is 21.1. The summed E-state index contributed by atoms with van der Waals surface area (Å²) in [5.74, 6) is 0. The van der Waals surface area contributed by atoms with Crippen molar-refractivity contribution >= 4 is 62.4 Å². The Morgan fingerprint density at radius 1 is 0.185 bits per heavy atom. The molecule has 0 unspecified atom stereocenters. The van der Waals surface area contributed by atoms with Crippen LogP contribution in [0.4, 0.5) is 0 Å². The van der Waals surface area contributed by atoms with Crippen LogP contribution in [0.3, 0.4) is 0 Å². The minimum atomic E-state index is -1.55. The van der Waals surface area contributed by atoms with Gasteiger partial charge >= 0.3 is 374 Å². The molecular weight excluding hydrogens is 909 g/mol. The second-order valence-corrected chi connectivity index (χ2v) is 52.7. The predicted molar refractivity (Wildman–Crippen MR) is 285 cm³/mol. The van der Waals surface area contributed by atoms with Crippen LogP contribution < -0.4 is 0 Å². The van der Waals surface area contributed by atoms with Crippen molar-refractivity contribution in [2.45, 2.75) is 237 Å². The van der Waals surface area contributed by atoms with Gasteiger partial charge in [0.25, 0.3) is 0 Å². The first kappa shape index (κ1) is 61.0. The van der Waals surface area contributed by atoms with Gasteiger partial charge in [0.05, 0.1) is 0 Å². The van der Waals surface area contributed by atoms with Crippen LogP contribution in [0.25, 0.3) is 0 Å². The molecule has 0 saturated heterocycles. The van der Waals surface area contributed by atoms with Gasteiger partial charge in [-0.15, -0.1) is 0 Å². The molecule has 0 nitrogen and oxygen atoms in total. The van der Waals surface area contributed by atoms with Crippen molar-refractivity contribution in [3.05, 3.63) is 0 Å². The van der Waals surface area contributed by atoms with Crippen LogP contribution in [-0.2, 0) is 0 Å². The Labute approximate surface area is 370 Å². The summed E-state index contributed by atoms with van der Waals surface area (Å²) < 4.78 is 0. The summed E-state index contributed by atoms with van der Waals surface area (Å²) in [6.45, 7) is 28.1. The zero-order valence-corrected chi connectivity index (χ0v) is 47.4. The van der Waals surface area contributed by atoms with Crippen molar-refractivity contribution in [3.63, 3.8) is 0 Å². The molecule has 0 aliphatic carbocycles. The molecule has 0 aromatic rings. The molecule has 0 saturated carbocycles. The molecule has 0 spiro atoms. The van der Waals surface area contributed by atoms with E-state index in [9.17, 15) is 0 Å². The Hall–Kier alpha value is 2.73. The number of unbranched alkanes of at least 4 members (excludes halogenated alkanes) is 12. The van der Waals surface area contributed by atoms with Gasteiger partial charge in [-0.2, -0.15) is 0 Å². The van der Waals surface area contributed by atoms with Crippen molar-refractivity contribution in [3.8, 4) is 0 Å². The maximum absolute atomic E-state index is 4.43. The van der Waals surface area contributed by atoms with Crippen molar-refractivity contribution in [1.82, 2.24) is 0 Å². The molecule has 0 atom stereocenters. The Morgan fingerprint density at radius 2 is 0.259 bits per heavy atom. The van der Waals surface area contributed by atoms with E-state index in [1.807, 2.05) is 0 Å². The molecule has 0 radical (unpaired) electrons. The van der Waals surface area contributed by atoms with Gasteiger partial charge in [0.1, 0.15) is 0 Å². The van der Waals surface area contributed by atoms with Gasteiger partial charge in [0.2, 0.25) is 0 Å². The molecule has 0 aromatic carbocycles. The maximum atomic E-state index is 4.43. The first-order chi connectivity index (χ1) is 25.6. The van der Waals surface area contributed by atoms with Crippen LogP contribution in [0.1, 0.15) is 237 Å². The number of hydrogen-bond acceptors (Lipinski definition) is 0. The van der Waals surface area contributed by atoms with Crippen molar-refractivity contribution in [2.75, 3.05) is 73.9 Å². The van der Waals surface area contributed by atoms with E-state index >= 15 is 0 Å². The minimum absolute atomic E-state index is 1.36. The molecule has 336 valence electrons. The van der Waals surface area contributed by atoms with E-state index < -0.39 is 15.9 Å². The van der Waals surface area contributed by atoms with E-state index in [2.05, 4.69) is 130 Å². The molecule has 0 fully saturated rings. The van der Waals surface area contributed by atoms with E-state index in [0.717, 1.165) is 0 Å². The summed E-state index contributed by atoms with van der Waals surface area (Å²) in [7, 11) is 0. The van der Waals surface area contributed by atoms with Gasteiger partial charge in [-0.25, -0.2) is 0 Å². The molecule has 0 aliphatic rings. The van der Waals surface area contributed by atoms with Crippen LogP contribution in [0, 0.1) is 0 Å². The second-order valence-electron chi connectivity index (χ2n) is 18.4. The van der Waals surface area contributed by atoms with Crippen molar-refractivity contribution in [1.29, 1.82) is 0 Å². The number of halogens is 3. The van der Waals surface area contributed by atoms with E-state index in [0.29, 0.717) is 0 Å². The van der Waals surface area contributed by atoms with Crippen LogP contribution in [0.15, 0.2) is 0 Å². The Morgan fingerprint density at radius 3 is 0.315 bits per heavy atom. The van der Waals surface area contributed by atoms with E-state index in [1.165, 1.54) is 228 Å². The number of hydrogen-bond donors (Lipinski definition) is 0. The topological polar surface area (TPSA) is 0 Å². The van der Waals surface area contributed by atoms with Crippen LogP contribution in [0.2, 0.25) is 0 Å². The zero-order valence-electron chi connectivity index (χ0n) is 39.9. The monoisotopic (exact) mass is 1010 g/mol. The van der Waals surface area contributed by atoms with Gasteiger partial charge in [-0.1, -0.05) is 0 Å². The fourth-order valence-electron chi connectivity index (χ4n) is 8.65. The fourth-order valence-corrected chi connectivity index (χ4v) is 35.0. The van der Waals surface area contributed by atoms with Gasteiger partial charge in [-0.05, 0) is 0 Å². The Bertz CT molecular complexity index is 584. The Kier molecular flexibility index (Phi) is 39.9. The quantitative estimate of drug-likeness (QED) is 0.0549. The van der Waals surface area contributed by atoms with E-state index in [-0.39, 0.29) is 0 Å². The summed E-state index contributed by atoms with van der Waals surface area (Å²) in [5, 5.41) is -4.65. The first-order valence-electron chi connectivity index (χ1n) is 24.8. The second kappa shape index (κ2) is 35.3.